The van der Waals surface area contributed by atoms with E-state index in [4.69, 9.17) is 5.11 Å². The predicted molar refractivity (Wildman–Crippen MR) is 43.6 cm³/mol. The molecule has 1 heterocycles. The fourth-order valence-corrected chi connectivity index (χ4v) is 0.795. The van der Waals surface area contributed by atoms with Gasteiger partial charge < -0.3 is 10.4 Å². The van der Waals surface area contributed by atoms with Gasteiger partial charge in [-0.2, -0.15) is 4.39 Å². The monoisotopic (exact) mass is 184 g/mol. The molecule has 1 aromatic rings. The Morgan fingerprint density at radius 1 is 1.62 bits per heavy atom. The van der Waals surface area contributed by atoms with E-state index in [2.05, 4.69) is 10.3 Å². The fourth-order valence-electron chi connectivity index (χ4n) is 0.795. The number of aliphatic hydroxyl groups is 1. The first-order valence-corrected chi connectivity index (χ1v) is 3.75. The molecule has 0 radical (unpaired) electrons. The molecule has 0 atom stereocenters. The summed E-state index contributed by atoms with van der Waals surface area (Å²) in [7, 11) is 0. The second kappa shape index (κ2) is 4.51. The molecule has 0 saturated heterocycles. The number of hydrogen-bond acceptors (Lipinski definition) is 3. The Balaban J connectivity index is 2.66. The zero-order valence-electron chi connectivity index (χ0n) is 6.83. The molecule has 0 unspecified atom stereocenters. The maximum atomic E-state index is 12.5. The highest BCUT2D eigenvalue weighted by Gasteiger charge is 2.05. The molecule has 0 fully saturated rings. The van der Waals surface area contributed by atoms with Crippen LogP contribution in [0.15, 0.2) is 18.2 Å². The molecule has 0 saturated carbocycles. The summed E-state index contributed by atoms with van der Waals surface area (Å²) < 4.78 is 12.5. The molecular weight excluding hydrogens is 175 g/mol. The molecule has 2 N–H and O–H groups in total. The molecule has 0 aliphatic heterocycles. The van der Waals surface area contributed by atoms with E-state index in [1.54, 1.807) is 0 Å². The van der Waals surface area contributed by atoms with E-state index in [0.717, 1.165) is 6.07 Å². The molecule has 1 aromatic heterocycles. The number of pyridine rings is 1. The van der Waals surface area contributed by atoms with Crippen molar-refractivity contribution in [2.75, 3.05) is 13.2 Å². The minimum Gasteiger partial charge on any atom is -0.395 e. The van der Waals surface area contributed by atoms with Crippen molar-refractivity contribution < 1.29 is 14.3 Å². The van der Waals surface area contributed by atoms with Crippen molar-refractivity contribution in [1.82, 2.24) is 10.3 Å². The maximum Gasteiger partial charge on any atom is 0.270 e. The predicted octanol–water partition coefficient (Wildman–Crippen LogP) is -0.0572. The number of halogens is 1. The third-order valence-electron chi connectivity index (χ3n) is 1.35. The summed E-state index contributed by atoms with van der Waals surface area (Å²) in [6.45, 7) is -0.0158. The quantitative estimate of drug-likeness (QED) is 0.647. The van der Waals surface area contributed by atoms with Gasteiger partial charge in [0, 0.05) is 6.54 Å². The minimum atomic E-state index is -0.698. The first kappa shape index (κ1) is 9.60. The van der Waals surface area contributed by atoms with Crippen LogP contribution in [-0.2, 0) is 0 Å². The first-order valence-electron chi connectivity index (χ1n) is 3.75. The third kappa shape index (κ3) is 2.79. The highest BCUT2D eigenvalue weighted by Crippen LogP contribution is 1.96. The molecule has 0 aliphatic carbocycles. The largest absolute Gasteiger partial charge is 0.395 e. The van der Waals surface area contributed by atoms with Gasteiger partial charge in [0.25, 0.3) is 5.91 Å². The third-order valence-corrected chi connectivity index (χ3v) is 1.35. The molecule has 0 bridgehead atoms. The zero-order chi connectivity index (χ0) is 9.68. The Kier molecular flexibility index (Phi) is 3.33. The summed E-state index contributed by atoms with van der Waals surface area (Å²) in [5.41, 5.74) is 0.00782. The number of rotatable bonds is 3. The van der Waals surface area contributed by atoms with E-state index < -0.39 is 11.9 Å². The van der Waals surface area contributed by atoms with Crippen LogP contribution in [0.4, 0.5) is 4.39 Å². The molecule has 0 aromatic carbocycles. The summed E-state index contributed by atoms with van der Waals surface area (Å²) >= 11 is 0. The van der Waals surface area contributed by atoms with E-state index in [0.29, 0.717) is 0 Å². The van der Waals surface area contributed by atoms with Gasteiger partial charge >= 0.3 is 0 Å². The van der Waals surface area contributed by atoms with Crippen LogP contribution in [0.1, 0.15) is 10.5 Å². The molecule has 70 valence electrons. The number of carbonyl (C=O) groups is 1. The molecule has 1 amide bonds. The Morgan fingerprint density at radius 2 is 2.38 bits per heavy atom. The number of amides is 1. The lowest BCUT2D eigenvalue weighted by molar-refractivity contribution is 0.0938. The van der Waals surface area contributed by atoms with E-state index >= 15 is 0 Å². The summed E-state index contributed by atoms with van der Waals surface area (Å²) in [4.78, 5) is 14.5. The smallest absolute Gasteiger partial charge is 0.270 e. The van der Waals surface area contributed by atoms with Crippen molar-refractivity contribution in [1.29, 1.82) is 0 Å². The van der Waals surface area contributed by atoms with Gasteiger partial charge in [0.2, 0.25) is 5.95 Å². The molecule has 4 nitrogen and oxygen atoms in total. The number of aromatic nitrogens is 1. The van der Waals surface area contributed by atoms with Crippen molar-refractivity contribution in [3.63, 3.8) is 0 Å². The van der Waals surface area contributed by atoms with E-state index in [1.165, 1.54) is 12.1 Å². The van der Waals surface area contributed by atoms with Gasteiger partial charge in [0.05, 0.1) is 6.61 Å². The summed E-state index contributed by atoms with van der Waals surface area (Å²) in [6, 6.07) is 3.95. The van der Waals surface area contributed by atoms with Crippen LogP contribution in [0.3, 0.4) is 0 Å². The fraction of sp³-hybridized carbons (Fsp3) is 0.250. The molecule has 13 heavy (non-hydrogen) atoms. The topological polar surface area (TPSA) is 62.2 Å². The Morgan fingerprint density at radius 3 is 3.00 bits per heavy atom. The van der Waals surface area contributed by atoms with Crippen molar-refractivity contribution in [3.8, 4) is 0 Å². The number of nitrogens with zero attached hydrogens (tertiary/aromatic N) is 1. The van der Waals surface area contributed by atoms with Crippen LogP contribution in [-0.4, -0.2) is 29.1 Å². The van der Waals surface area contributed by atoms with Crippen molar-refractivity contribution >= 4 is 5.91 Å². The minimum absolute atomic E-state index is 0.00782. The Hall–Kier alpha value is -1.49. The van der Waals surface area contributed by atoms with Gasteiger partial charge in [0.15, 0.2) is 0 Å². The van der Waals surface area contributed by atoms with Crippen LogP contribution < -0.4 is 5.32 Å². The number of nitrogens with one attached hydrogen (secondary N) is 1. The van der Waals surface area contributed by atoms with Gasteiger partial charge in [-0.1, -0.05) is 6.07 Å². The van der Waals surface area contributed by atoms with Gasteiger partial charge in [0.1, 0.15) is 5.69 Å². The van der Waals surface area contributed by atoms with E-state index in [-0.39, 0.29) is 18.8 Å². The van der Waals surface area contributed by atoms with E-state index in [1.807, 2.05) is 0 Å². The van der Waals surface area contributed by atoms with E-state index in [9.17, 15) is 9.18 Å². The normalized spacial score (nSPS) is 9.69. The highest BCUT2D eigenvalue weighted by atomic mass is 19.1. The number of aliphatic hydroxyl groups excluding tert-OH is 1. The highest BCUT2D eigenvalue weighted by molar-refractivity contribution is 5.92. The van der Waals surface area contributed by atoms with Crippen LogP contribution in [0.25, 0.3) is 0 Å². The van der Waals surface area contributed by atoms with Crippen molar-refractivity contribution in [2.45, 2.75) is 0 Å². The number of carbonyl (C=O) groups excluding carboxylic acids is 1. The summed E-state index contributed by atoms with van der Waals surface area (Å²) in [6.07, 6.45) is 0. The first-order chi connectivity index (χ1) is 6.24. The van der Waals surface area contributed by atoms with Gasteiger partial charge in [-0.05, 0) is 12.1 Å². The SMILES string of the molecule is O=C(NCCO)c1cccc(F)n1. The maximum absolute atomic E-state index is 12.5. The standard InChI is InChI=1S/C8H9FN2O2/c9-7-3-1-2-6(11-7)8(13)10-4-5-12/h1-3,12H,4-5H2,(H,10,13). The zero-order valence-corrected chi connectivity index (χ0v) is 6.83. The Labute approximate surface area is 74.4 Å². The lowest BCUT2D eigenvalue weighted by Gasteiger charge is -2.01. The van der Waals surface area contributed by atoms with Crippen LogP contribution >= 0.6 is 0 Å². The molecule has 5 heteroatoms. The second-order valence-corrected chi connectivity index (χ2v) is 2.33. The molecule has 0 aliphatic rings. The van der Waals surface area contributed by atoms with Crippen LogP contribution in [0.2, 0.25) is 0 Å². The average Bonchev–Trinajstić information content (AvgIpc) is 2.14. The van der Waals surface area contributed by atoms with Gasteiger partial charge in [-0.15, -0.1) is 0 Å². The average molecular weight is 184 g/mol. The molecule has 1 rings (SSSR count). The van der Waals surface area contributed by atoms with Gasteiger partial charge in [-0.3, -0.25) is 4.79 Å². The Bertz CT molecular complexity index is 304. The molecular formula is C8H9FN2O2. The summed E-state index contributed by atoms with van der Waals surface area (Å²) in [5, 5.41) is 10.8. The lowest BCUT2D eigenvalue weighted by atomic mass is 10.3. The van der Waals surface area contributed by atoms with Crippen LogP contribution in [0, 0.1) is 5.95 Å². The lowest BCUT2D eigenvalue weighted by Crippen LogP contribution is -2.27. The summed E-state index contributed by atoms with van der Waals surface area (Å²) in [5.74, 6) is -1.19. The second-order valence-electron chi connectivity index (χ2n) is 2.33. The van der Waals surface area contributed by atoms with Crippen molar-refractivity contribution in [3.05, 3.63) is 29.8 Å². The van der Waals surface area contributed by atoms with Crippen LogP contribution in [0.5, 0.6) is 0 Å². The van der Waals surface area contributed by atoms with Crippen molar-refractivity contribution in [2.24, 2.45) is 0 Å². The number of hydrogen-bond donors (Lipinski definition) is 2. The molecule has 0 spiro atoms. The van der Waals surface area contributed by atoms with Gasteiger partial charge in [-0.25, -0.2) is 4.98 Å².